The van der Waals surface area contributed by atoms with Crippen LogP contribution < -0.4 is 10.2 Å². The van der Waals surface area contributed by atoms with E-state index in [1.165, 1.54) is 18.2 Å². The smallest absolute Gasteiger partial charge is 0.251 e. The van der Waals surface area contributed by atoms with Crippen molar-refractivity contribution in [1.29, 1.82) is 0 Å². The molecule has 0 atom stereocenters. The number of aromatic nitrogens is 2. The summed E-state index contributed by atoms with van der Waals surface area (Å²) in [6, 6.07) is 5.61. The van der Waals surface area contributed by atoms with Crippen LogP contribution in [0.15, 0.2) is 30.5 Å². The highest BCUT2D eigenvalue weighted by molar-refractivity contribution is 5.94. The van der Waals surface area contributed by atoms with Crippen LogP contribution in [0.5, 0.6) is 0 Å². The van der Waals surface area contributed by atoms with Gasteiger partial charge in [0, 0.05) is 26.7 Å². The second-order valence-corrected chi connectivity index (χ2v) is 4.70. The summed E-state index contributed by atoms with van der Waals surface area (Å²) in [5.74, 6) is 0.0742. The van der Waals surface area contributed by atoms with Gasteiger partial charge in [-0.25, -0.2) is 9.37 Å². The van der Waals surface area contributed by atoms with Crippen LogP contribution >= 0.6 is 0 Å². The van der Waals surface area contributed by atoms with Crippen molar-refractivity contribution in [3.05, 3.63) is 47.5 Å². The zero-order valence-electron chi connectivity index (χ0n) is 11.7. The van der Waals surface area contributed by atoms with Gasteiger partial charge in [0.05, 0.1) is 18.4 Å². The van der Waals surface area contributed by atoms with Gasteiger partial charge in [-0.2, -0.15) is 0 Å². The monoisotopic (exact) mass is 276 g/mol. The maximum Gasteiger partial charge on any atom is 0.251 e. The molecule has 5 nitrogen and oxygen atoms in total. The topological polar surface area (TPSA) is 50.2 Å². The van der Waals surface area contributed by atoms with Crippen LogP contribution in [0.1, 0.15) is 16.1 Å². The van der Waals surface area contributed by atoms with E-state index in [-0.39, 0.29) is 5.91 Å². The summed E-state index contributed by atoms with van der Waals surface area (Å²) in [4.78, 5) is 18.0. The van der Waals surface area contributed by atoms with Gasteiger partial charge in [0.1, 0.15) is 5.82 Å². The van der Waals surface area contributed by atoms with Gasteiger partial charge in [0.2, 0.25) is 5.95 Å². The summed E-state index contributed by atoms with van der Waals surface area (Å²) in [6.45, 7) is 0.340. The van der Waals surface area contributed by atoms with Gasteiger partial charge in [-0.05, 0) is 18.2 Å². The molecule has 0 aliphatic rings. The molecule has 2 rings (SSSR count). The Bertz CT molecular complexity index is 621. The van der Waals surface area contributed by atoms with Crippen molar-refractivity contribution in [1.82, 2.24) is 14.9 Å². The number of amides is 1. The number of halogens is 1. The van der Waals surface area contributed by atoms with Crippen LogP contribution in [-0.4, -0.2) is 29.6 Å². The standard InChI is InChI=1S/C14H17FN4O/c1-18(2)14-17-9-12(19(14)3)8-16-13(20)10-5-4-6-11(15)7-10/h4-7,9H,8H2,1-3H3,(H,16,20). The predicted molar refractivity (Wildman–Crippen MR) is 75.1 cm³/mol. The molecule has 2 aromatic rings. The number of carbonyl (C=O) groups is 1. The van der Waals surface area contributed by atoms with E-state index in [9.17, 15) is 9.18 Å². The van der Waals surface area contributed by atoms with E-state index in [1.807, 2.05) is 30.6 Å². The summed E-state index contributed by atoms with van der Waals surface area (Å²) >= 11 is 0. The fraction of sp³-hybridized carbons (Fsp3) is 0.286. The molecule has 0 aliphatic heterocycles. The number of imidazole rings is 1. The van der Waals surface area contributed by atoms with Crippen molar-refractivity contribution >= 4 is 11.9 Å². The molecule has 1 heterocycles. The van der Waals surface area contributed by atoms with Crippen LogP contribution in [-0.2, 0) is 13.6 Å². The number of rotatable bonds is 4. The first-order valence-electron chi connectivity index (χ1n) is 6.20. The van der Waals surface area contributed by atoms with Crippen molar-refractivity contribution in [3.63, 3.8) is 0 Å². The largest absolute Gasteiger partial charge is 0.348 e. The average Bonchev–Trinajstić information content (AvgIpc) is 2.77. The van der Waals surface area contributed by atoms with E-state index < -0.39 is 5.82 Å². The quantitative estimate of drug-likeness (QED) is 0.922. The third-order valence-electron chi connectivity index (χ3n) is 2.98. The Hall–Kier alpha value is -2.37. The number of hydrogen-bond acceptors (Lipinski definition) is 3. The average molecular weight is 276 g/mol. The number of nitrogens with one attached hydrogen (secondary N) is 1. The third-order valence-corrected chi connectivity index (χ3v) is 2.98. The van der Waals surface area contributed by atoms with Crippen molar-refractivity contribution in [2.24, 2.45) is 7.05 Å². The molecule has 6 heteroatoms. The lowest BCUT2D eigenvalue weighted by atomic mass is 10.2. The molecule has 0 fully saturated rings. The maximum absolute atomic E-state index is 13.0. The lowest BCUT2D eigenvalue weighted by Gasteiger charge is -2.13. The molecule has 0 spiro atoms. The molecular formula is C14H17FN4O. The van der Waals surface area contributed by atoms with E-state index in [0.29, 0.717) is 12.1 Å². The third kappa shape index (κ3) is 2.96. The molecule has 0 bridgehead atoms. The second-order valence-electron chi connectivity index (χ2n) is 4.70. The zero-order valence-corrected chi connectivity index (χ0v) is 11.7. The summed E-state index contributed by atoms with van der Waals surface area (Å²) in [5.41, 5.74) is 1.18. The fourth-order valence-electron chi connectivity index (χ4n) is 1.92. The summed E-state index contributed by atoms with van der Waals surface area (Å²) in [5, 5.41) is 2.75. The Morgan fingerprint density at radius 3 is 2.80 bits per heavy atom. The molecule has 0 saturated heterocycles. The van der Waals surface area contributed by atoms with Gasteiger partial charge in [-0.3, -0.25) is 4.79 Å². The first-order chi connectivity index (χ1) is 9.49. The Kier molecular flexibility index (Phi) is 4.02. The minimum Gasteiger partial charge on any atom is -0.348 e. The van der Waals surface area contributed by atoms with Crippen molar-refractivity contribution in [3.8, 4) is 0 Å². The molecule has 0 saturated carbocycles. The Morgan fingerprint density at radius 2 is 2.20 bits per heavy atom. The van der Waals surface area contributed by atoms with E-state index in [2.05, 4.69) is 10.3 Å². The van der Waals surface area contributed by atoms with Crippen LogP contribution in [0.4, 0.5) is 10.3 Å². The molecule has 1 aromatic carbocycles. The Balaban J connectivity index is 2.04. The molecule has 0 unspecified atom stereocenters. The summed E-state index contributed by atoms with van der Waals surface area (Å²) in [7, 11) is 5.68. The van der Waals surface area contributed by atoms with Gasteiger partial charge < -0.3 is 14.8 Å². The van der Waals surface area contributed by atoms with Gasteiger partial charge in [-0.1, -0.05) is 6.07 Å². The highest BCUT2D eigenvalue weighted by Crippen LogP contribution is 2.11. The number of hydrogen-bond donors (Lipinski definition) is 1. The van der Waals surface area contributed by atoms with Crippen molar-refractivity contribution < 1.29 is 9.18 Å². The zero-order chi connectivity index (χ0) is 14.7. The SMILES string of the molecule is CN(C)c1ncc(CNC(=O)c2cccc(F)c2)n1C. The molecule has 1 amide bonds. The van der Waals surface area contributed by atoms with Gasteiger partial charge in [0.25, 0.3) is 5.91 Å². The van der Waals surface area contributed by atoms with Crippen LogP contribution in [0.2, 0.25) is 0 Å². The molecule has 0 radical (unpaired) electrons. The minimum atomic E-state index is -0.423. The van der Waals surface area contributed by atoms with Crippen molar-refractivity contribution in [2.45, 2.75) is 6.54 Å². The molecule has 1 N–H and O–H groups in total. The van der Waals surface area contributed by atoms with Crippen LogP contribution in [0, 0.1) is 5.82 Å². The number of benzene rings is 1. The first-order valence-corrected chi connectivity index (χ1v) is 6.20. The van der Waals surface area contributed by atoms with Gasteiger partial charge >= 0.3 is 0 Å². The van der Waals surface area contributed by atoms with Gasteiger partial charge in [-0.15, -0.1) is 0 Å². The molecule has 106 valence electrons. The lowest BCUT2D eigenvalue weighted by molar-refractivity contribution is 0.0949. The lowest BCUT2D eigenvalue weighted by Crippen LogP contribution is -2.24. The highest BCUT2D eigenvalue weighted by atomic mass is 19.1. The normalized spacial score (nSPS) is 10.4. The second kappa shape index (κ2) is 5.73. The fourth-order valence-corrected chi connectivity index (χ4v) is 1.92. The van der Waals surface area contributed by atoms with Crippen LogP contribution in [0.25, 0.3) is 0 Å². The molecule has 0 aliphatic carbocycles. The number of anilines is 1. The van der Waals surface area contributed by atoms with Crippen LogP contribution in [0.3, 0.4) is 0 Å². The minimum absolute atomic E-state index is 0.306. The number of nitrogens with zero attached hydrogens (tertiary/aromatic N) is 3. The first kappa shape index (κ1) is 14.0. The highest BCUT2D eigenvalue weighted by Gasteiger charge is 2.10. The Morgan fingerprint density at radius 1 is 1.45 bits per heavy atom. The van der Waals surface area contributed by atoms with E-state index in [0.717, 1.165) is 11.6 Å². The summed E-state index contributed by atoms with van der Waals surface area (Å²) < 4.78 is 14.9. The van der Waals surface area contributed by atoms with Gasteiger partial charge in [0.15, 0.2) is 0 Å². The summed E-state index contributed by atoms with van der Waals surface area (Å²) in [6.07, 6.45) is 1.71. The van der Waals surface area contributed by atoms with E-state index in [1.54, 1.807) is 12.3 Å². The molecule has 20 heavy (non-hydrogen) atoms. The Labute approximate surface area is 117 Å². The predicted octanol–water partition coefficient (Wildman–Crippen LogP) is 1.56. The van der Waals surface area contributed by atoms with E-state index in [4.69, 9.17) is 0 Å². The number of carbonyl (C=O) groups excluding carboxylic acids is 1. The molecular weight excluding hydrogens is 259 g/mol. The maximum atomic E-state index is 13.0. The van der Waals surface area contributed by atoms with Crippen molar-refractivity contribution in [2.75, 3.05) is 19.0 Å². The van der Waals surface area contributed by atoms with E-state index >= 15 is 0 Å². The molecule has 1 aromatic heterocycles.